The molecule has 0 saturated heterocycles. The predicted molar refractivity (Wildman–Crippen MR) is 66.7 cm³/mol. The molecule has 2 aromatic rings. The Balaban J connectivity index is 2.62. The number of carbonyl (C=O) groups excluding carboxylic acids is 1. The minimum atomic E-state index is 0.743. The van der Waals surface area contributed by atoms with Gasteiger partial charge in [-0.25, -0.2) is 0 Å². The van der Waals surface area contributed by atoms with Crippen molar-refractivity contribution < 1.29 is 4.79 Å². The second-order valence-corrected chi connectivity index (χ2v) is 4.08. The Morgan fingerprint density at radius 2 is 1.56 bits per heavy atom. The van der Waals surface area contributed by atoms with Gasteiger partial charge in [0.25, 0.3) is 0 Å². The van der Waals surface area contributed by atoms with Crippen LogP contribution in [0, 0.1) is 13.8 Å². The van der Waals surface area contributed by atoms with Gasteiger partial charge in [0.05, 0.1) is 0 Å². The molecule has 0 unspecified atom stereocenters. The summed E-state index contributed by atoms with van der Waals surface area (Å²) < 4.78 is 0. The van der Waals surface area contributed by atoms with Gasteiger partial charge in [-0.05, 0) is 25.0 Å². The number of aryl methyl sites for hydroxylation is 2. The standard InChI is InChI=1S/C15H14O/c1-11-7-12(2)9-14(8-11)15-6-4-3-5-13(15)10-16/h3-10H,1-2H3. The lowest BCUT2D eigenvalue weighted by atomic mass is 9.97. The fourth-order valence-corrected chi connectivity index (χ4v) is 1.99. The lowest BCUT2D eigenvalue weighted by molar-refractivity contribution is 0.112. The van der Waals surface area contributed by atoms with Crippen LogP contribution in [0.2, 0.25) is 0 Å². The van der Waals surface area contributed by atoms with Crippen molar-refractivity contribution in [2.45, 2.75) is 13.8 Å². The van der Waals surface area contributed by atoms with E-state index in [4.69, 9.17) is 0 Å². The number of aldehydes is 1. The zero-order valence-corrected chi connectivity index (χ0v) is 9.53. The first-order valence-corrected chi connectivity index (χ1v) is 5.33. The highest BCUT2D eigenvalue weighted by atomic mass is 16.1. The first kappa shape index (κ1) is 10.6. The van der Waals surface area contributed by atoms with Crippen molar-refractivity contribution >= 4 is 6.29 Å². The predicted octanol–water partition coefficient (Wildman–Crippen LogP) is 3.78. The van der Waals surface area contributed by atoms with Crippen LogP contribution in [-0.4, -0.2) is 6.29 Å². The average Bonchev–Trinajstić information content (AvgIpc) is 2.27. The van der Waals surface area contributed by atoms with Crippen molar-refractivity contribution in [3.05, 3.63) is 59.2 Å². The first-order valence-electron chi connectivity index (χ1n) is 5.33. The molecule has 16 heavy (non-hydrogen) atoms. The minimum absolute atomic E-state index is 0.743. The molecule has 0 bridgehead atoms. The van der Waals surface area contributed by atoms with Gasteiger partial charge in [0.15, 0.2) is 6.29 Å². The van der Waals surface area contributed by atoms with Crippen LogP contribution in [0.1, 0.15) is 21.5 Å². The molecule has 0 atom stereocenters. The smallest absolute Gasteiger partial charge is 0.150 e. The Morgan fingerprint density at radius 3 is 2.19 bits per heavy atom. The van der Waals surface area contributed by atoms with E-state index in [1.165, 1.54) is 11.1 Å². The maximum atomic E-state index is 11.0. The summed E-state index contributed by atoms with van der Waals surface area (Å²) in [6, 6.07) is 14.0. The molecule has 1 nitrogen and oxygen atoms in total. The van der Waals surface area contributed by atoms with Crippen molar-refractivity contribution in [2.24, 2.45) is 0 Å². The zero-order chi connectivity index (χ0) is 11.5. The van der Waals surface area contributed by atoms with E-state index >= 15 is 0 Å². The average molecular weight is 210 g/mol. The Hall–Kier alpha value is -1.89. The van der Waals surface area contributed by atoms with E-state index in [1.54, 1.807) is 0 Å². The van der Waals surface area contributed by atoms with Crippen LogP contribution >= 0.6 is 0 Å². The largest absolute Gasteiger partial charge is 0.298 e. The third-order valence-electron chi connectivity index (χ3n) is 2.62. The van der Waals surface area contributed by atoms with Crippen LogP contribution in [0.25, 0.3) is 11.1 Å². The molecule has 0 aliphatic heterocycles. The van der Waals surface area contributed by atoms with E-state index in [0.717, 1.165) is 23.0 Å². The molecule has 0 aromatic heterocycles. The highest BCUT2D eigenvalue weighted by Gasteiger charge is 2.04. The van der Waals surface area contributed by atoms with E-state index < -0.39 is 0 Å². The van der Waals surface area contributed by atoms with Crippen molar-refractivity contribution in [1.82, 2.24) is 0 Å². The van der Waals surface area contributed by atoms with Gasteiger partial charge in [0.1, 0.15) is 0 Å². The second-order valence-electron chi connectivity index (χ2n) is 4.08. The molecule has 0 spiro atoms. The van der Waals surface area contributed by atoms with Gasteiger partial charge in [-0.3, -0.25) is 4.79 Å². The summed E-state index contributed by atoms with van der Waals surface area (Å²) in [6.07, 6.45) is 0.910. The lowest BCUT2D eigenvalue weighted by Gasteiger charge is -2.07. The highest BCUT2D eigenvalue weighted by Crippen LogP contribution is 2.24. The molecular formula is C15H14O. The monoisotopic (exact) mass is 210 g/mol. The molecule has 2 rings (SSSR count). The zero-order valence-electron chi connectivity index (χ0n) is 9.53. The van der Waals surface area contributed by atoms with Crippen molar-refractivity contribution in [3.8, 4) is 11.1 Å². The lowest BCUT2D eigenvalue weighted by Crippen LogP contribution is -1.88. The van der Waals surface area contributed by atoms with Crippen LogP contribution in [-0.2, 0) is 0 Å². The SMILES string of the molecule is Cc1cc(C)cc(-c2ccccc2C=O)c1. The van der Waals surface area contributed by atoms with E-state index in [1.807, 2.05) is 24.3 Å². The molecular weight excluding hydrogens is 196 g/mol. The van der Waals surface area contributed by atoms with Gasteiger partial charge in [-0.2, -0.15) is 0 Å². The van der Waals surface area contributed by atoms with Crippen molar-refractivity contribution in [1.29, 1.82) is 0 Å². The third-order valence-corrected chi connectivity index (χ3v) is 2.62. The van der Waals surface area contributed by atoms with Crippen LogP contribution < -0.4 is 0 Å². The molecule has 0 N–H and O–H groups in total. The summed E-state index contributed by atoms with van der Waals surface area (Å²) in [5.41, 5.74) is 5.29. The summed E-state index contributed by atoms with van der Waals surface area (Å²) >= 11 is 0. The van der Waals surface area contributed by atoms with E-state index in [9.17, 15) is 4.79 Å². The molecule has 1 heteroatoms. The molecule has 0 fully saturated rings. The minimum Gasteiger partial charge on any atom is -0.298 e. The number of rotatable bonds is 2. The molecule has 0 heterocycles. The van der Waals surface area contributed by atoms with E-state index in [-0.39, 0.29) is 0 Å². The molecule has 0 saturated carbocycles. The highest BCUT2D eigenvalue weighted by molar-refractivity contribution is 5.87. The van der Waals surface area contributed by atoms with Crippen molar-refractivity contribution in [3.63, 3.8) is 0 Å². The number of benzene rings is 2. The Bertz CT molecular complexity index is 506. The van der Waals surface area contributed by atoms with Gasteiger partial charge in [-0.15, -0.1) is 0 Å². The normalized spacial score (nSPS) is 10.1. The molecule has 0 amide bonds. The number of carbonyl (C=O) groups is 1. The van der Waals surface area contributed by atoms with Crippen LogP contribution in [0.3, 0.4) is 0 Å². The molecule has 2 aromatic carbocycles. The van der Waals surface area contributed by atoms with E-state index in [0.29, 0.717) is 0 Å². The fraction of sp³-hybridized carbons (Fsp3) is 0.133. The molecule has 0 radical (unpaired) electrons. The maximum Gasteiger partial charge on any atom is 0.150 e. The number of hydrogen-bond acceptors (Lipinski definition) is 1. The van der Waals surface area contributed by atoms with Gasteiger partial charge in [0.2, 0.25) is 0 Å². The Kier molecular flexibility index (Phi) is 2.86. The summed E-state index contributed by atoms with van der Waals surface area (Å²) in [7, 11) is 0. The molecule has 0 aliphatic carbocycles. The van der Waals surface area contributed by atoms with Crippen molar-refractivity contribution in [2.75, 3.05) is 0 Å². The van der Waals surface area contributed by atoms with Crippen LogP contribution in [0.5, 0.6) is 0 Å². The van der Waals surface area contributed by atoms with Crippen LogP contribution in [0.4, 0.5) is 0 Å². The molecule has 80 valence electrons. The Labute approximate surface area is 95.7 Å². The Morgan fingerprint density at radius 1 is 0.938 bits per heavy atom. The quantitative estimate of drug-likeness (QED) is 0.689. The topological polar surface area (TPSA) is 17.1 Å². The number of hydrogen-bond donors (Lipinski definition) is 0. The summed E-state index contributed by atoms with van der Waals surface area (Å²) in [6.45, 7) is 4.14. The summed E-state index contributed by atoms with van der Waals surface area (Å²) in [5, 5.41) is 0. The summed E-state index contributed by atoms with van der Waals surface area (Å²) in [4.78, 5) is 11.0. The van der Waals surface area contributed by atoms with Gasteiger partial charge in [0, 0.05) is 5.56 Å². The van der Waals surface area contributed by atoms with Gasteiger partial charge in [-0.1, -0.05) is 53.6 Å². The first-order chi connectivity index (χ1) is 7.70. The summed E-state index contributed by atoms with van der Waals surface area (Å²) in [5.74, 6) is 0. The second kappa shape index (κ2) is 4.31. The van der Waals surface area contributed by atoms with Gasteiger partial charge < -0.3 is 0 Å². The molecule has 0 aliphatic rings. The third kappa shape index (κ3) is 2.03. The van der Waals surface area contributed by atoms with E-state index in [2.05, 4.69) is 32.0 Å². The maximum absolute atomic E-state index is 11.0. The fourth-order valence-electron chi connectivity index (χ4n) is 1.99. The van der Waals surface area contributed by atoms with Gasteiger partial charge >= 0.3 is 0 Å². The van der Waals surface area contributed by atoms with Crippen LogP contribution in [0.15, 0.2) is 42.5 Å².